The Morgan fingerprint density at radius 2 is 1.93 bits per heavy atom. The second-order valence-electron chi connectivity index (χ2n) is 14.6. The number of methoxy groups -OCH3 is 2. The summed E-state index contributed by atoms with van der Waals surface area (Å²) in [5.41, 5.74) is 4.26. The zero-order valence-corrected chi connectivity index (χ0v) is 32.8. The molecule has 55 heavy (non-hydrogen) atoms. The van der Waals surface area contributed by atoms with Gasteiger partial charge in [-0.2, -0.15) is 0 Å². The zero-order valence-electron chi connectivity index (χ0n) is 32.1. The maximum atomic E-state index is 14.2. The van der Waals surface area contributed by atoms with Crippen LogP contribution in [0.15, 0.2) is 54.1 Å². The highest BCUT2D eigenvalue weighted by atomic mass is 35.5. The lowest BCUT2D eigenvalue weighted by atomic mass is 9.83. The van der Waals surface area contributed by atoms with Crippen LogP contribution in [0.2, 0.25) is 5.02 Å². The van der Waals surface area contributed by atoms with E-state index in [0.29, 0.717) is 17.9 Å². The van der Waals surface area contributed by atoms with Gasteiger partial charge in [0.25, 0.3) is 5.91 Å². The van der Waals surface area contributed by atoms with E-state index in [-0.39, 0.29) is 29.1 Å². The summed E-state index contributed by atoms with van der Waals surface area (Å²) in [5.74, 6) is -3.06. The minimum absolute atomic E-state index is 0.0353. The number of carbonyl (C=O) groups excluding carboxylic acids is 4. The number of nitrogens with zero attached hydrogens (tertiary/aromatic N) is 2. The molecular formula is C39H48ClFN4O10. The quantitative estimate of drug-likeness (QED) is 0.212. The average Bonchev–Trinajstić information content (AvgIpc) is 3.84. The third-order valence-corrected chi connectivity index (χ3v) is 11.1. The van der Waals surface area contributed by atoms with Crippen molar-refractivity contribution in [3.63, 3.8) is 0 Å². The number of hydrogen-bond acceptors (Lipinski definition) is 11. The van der Waals surface area contributed by atoms with Crippen LogP contribution in [0.3, 0.4) is 0 Å². The number of allylic oxidation sites excluding steroid dienone is 3. The Hall–Kier alpha value is -4.70. The predicted octanol–water partition coefficient (Wildman–Crippen LogP) is 4.55. The summed E-state index contributed by atoms with van der Waals surface area (Å²) in [6.07, 6.45) is 0.455. The summed E-state index contributed by atoms with van der Waals surface area (Å²) in [6, 6.07) is 5.90. The number of anilines is 2. The van der Waals surface area contributed by atoms with Gasteiger partial charge >= 0.3 is 12.1 Å². The van der Waals surface area contributed by atoms with E-state index in [1.54, 1.807) is 38.1 Å². The highest BCUT2D eigenvalue weighted by Gasteiger charge is 2.64. The first-order valence-electron chi connectivity index (χ1n) is 17.7. The van der Waals surface area contributed by atoms with Crippen LogP contribution >= 0.6 is 11.6 Å². The number of benzene rings is 2. The Kier molecular flexibility index (Phi) is 12.2. The fourth-order valence-corrected chi connectivity index (χ4v) is 7.35. The molecule has 3 aliphatic rings. The van der Waals surface area contributed by atoms with E-state index in [4.69, 9.17) is 41.0 Å². The topological polar surface area (TPSA) is 182 Å². The van der Waals surface area contributed by atoms with Crippen molar-refractivity contribution in [2.24, 2.45) is 5.92 Å². The SMILES string of the molecule is COc1cc2cc(c1Cl)N(C)C(=O)C[C@H](OC(=O)[C@H](C)N(C)C(=O)c1ccc(N)c(F)c1)[C@]1(C)O[C@H]1[C@H](C)[C@@H]1C[C@@](O)(NC(=O)O1)[C@H](OC)/C=C/C=C(\C)C2. The van der Waals surface area contributed by atoms with Crippen LogP contribution in [0.1, 0.15) is 56.5 Å². The number of ether oxygens (including phenoxy) is 5. The second kappa shape index (κ2) is 16.2. The molecule has 16 heteroatoms. The molecule has 298 valence electrons. The molecule has 2 saturated heterocycles. The number of nitrogen functional groups attached to an aromatic ring is 1. The molecule has 0 aliphatic carbocycles. The van der Waals surface area contributed by atoms with Crippen molar-refractivity contribution in [3.8, 4) is 5.75 Å². The fraction of sp³-hybridized carbons (Fsp3) is 0.487. The lowest BCUT2D eigenvalue weighted by molar-refractivity contribution is -0.158. The van der Waals surface area contributed by atoms with Gasteiger partial charge in [-0.05, 0) is 63.1 Å². The highest BCUT2D eigenvalue weighted by molar-refractivity contribution is 6.35. The Labute approximate surface area is 324 Å². The molecule has 3 heterocycles. The third kappa shape index (κ3) is 8.59. The van der Waals surface area contributed by atoms with Crippen LogP contribution in [-0.2, 0) is 35.0 Å². The number of epoxide rings is 1. The number of nitrogens with one attached hydrogen (secondary N) is 1. The number of alkyl carbamates (subject to hydrolysis) is 1. The standard InChI is InChI=1S/C39H48ClFN4O10/c1-20-10-9-11-30(52-8)39(50)19-29(53-37(49)43-39)21(2)34-38(4,55-34)31(18-32(46)45(6)27-15-23(14-20)16-28(51-7)33(27)40)54-36(48)22(3)44(5)35(47)24-12-13-26(42)25(41)17-24/h9-13,15-17,21-22,29-31,34,50H,14,18-19,42H2,1-8H3,(H,43,49)/b11-9+,20-10+/t21-,22+,29+,30-,31+,34+,38+,39+/m1/s1. The molecule has 14 nitrogen and oxygen atoms in total. The Bertz CT molecular complexity index is 1910. The van der Waals surface area contributed by atoms with Crippen LogP contribution in [0.5, 0.6) is 5.75 Å². The van der Waals surface area contributed by atoms with Crippen molar-refractivity contribution in [2.75, 3.05) is 38.9 Å². The van der Waals surface area contributed by atoms with Crippen LogP contribution in [0, 0.1) is 11.7 Å². The van der Waals surface area contributed by atoms with Crippen molar-refractivity contribution in [1.82, 2.24) is 10.2 Å². The molecule has 4 N–H and O–H groups in total. The molecule has 0 aromatic heterocycles. The molecule has 2 aromatic rings. The van der Waals surface area contributed by atoms with Gasteiger partial charge in [-0.25, -0.2) is 14.0 Å². The van der Waals surface area contributed by atoms with Crippen LogP contribution < -0.4 is 20.7 Å². The van der Waals surface area contributed by atoms with Gasteiger partial charge in [-0.1, -0.05) is 42.3 Å². The minimum atomic E-state index is -1.86. The average molecular weight is 787 g/mol. The van der Waals surface area contributed by atoms with Gasteiger partial charge in [0.15, 0.2) is 5.72 Å². The molecule has 2 aromatic carbocycles. The molecular weight excluding hydrogens is 739 g/mol. The molecule has 3 amide bonds. The summed E-state index contributed by atoms with van der Waals surface area (Å²) >= 11 is 6.75. The first-order chi connectivity index (χ1) is 25.8. The van der Waals surface area contributed by atoms with Crippen LogP contribution in [0.25, 0.3) is 0 Å². The molecule has 0 spiro atoms. The number of esters is 1. The van der Waals surface area contributed by atoms with Crippen molar-refractivity contribution in [1.29, 1.82) is 0 Å². The Balaban J connectivity index is 1.52. The van der Waals surface area contributed by atoms with E-state index in [0.717, 1.165) is 22.1 Å². The van der Waals surface area contributed by atoms with E-state index < -0.39 is 77.4 Å². The van der Waals surface area contributed by atoms with E-state index >= 15 is 0 Å². The Morgan fingerprint density at radius 3 is 2.58 bits per heavy atom. The van der Waals surface area contributed by atoms with Crippen molar-refractivity contribution in [2.45, 2.75) is 88.7 Å². The predicted molar refractivity (Wildman–Crippen MR) is 201 cm³/mol. The van der Waals surface area contributed by atoms with E-state index in [2.05, 4.69) is 5.32 Å². The number of fused-ring (bicyclic) bond motifs is 5. The first-order valence-corrected chi connectivity index (χ1v) is 18.1. The van der Waals surface area contributed by atoms with Gasteiger partial charge < -0.3 is 44.3 Å². The maximum absolute atomic E-state index is 14.2. The fourth-order valence-electron chi connectivity index (χ4n) is 7.04. The van der Waals surface area contributed by atoms with Crippen molar-refractivity contribution < 1.29 is 52.4 Å². The number of hydrogen-bond donors (Lipinski definition) is 3. The number of halogens is 2. The summed E-state index contributed by atoms with van der Waals surface area (Å²) < 4.78 is 43.3. The van der Waals surface area contributed by atoms with Crippen molar-refractivity contribution in [3.05, 3.63) is 76.1 Å². The number of amides is 3. The molecule has 8 atom stereocenters. The van der Waals surface area contributed by atoms with Gasteiger partial charge in [-0.15, -0.1) is 0 Å². The third-order valence-electron chi connectivity index (χ3n) is 10.7. The zero-order chi connectivity index (χ0) is 40.6. The molecule has 0 unspecified atom stereocenters. The Morgan fingerprint density at radius 1 is 1.22 bits per heavy atom. The first kappa shape index (κ1) is 41.5. The molecule has 0 saturated carbocycles. The summed E-state index contributed by atoms with van der Waals surface area (Å²) in [6.45, 7) is 6.76. The maximum Gasteiger partial charge on any atom is 0.409 e. The van der Waals surface area contributed by atoms with Gasteiger partial charge in [-0.3, -0.25) is 14.9 Å². The number of likely N-dealkylation sites (N-methyl/N-ethyl adjacent to an activating group) is 1. The van der Waals surface area contributed by atoms with E-state index in [1.165, 1.54) is 52.3 Å². The van der Waals surface area contributed by atoms with Gasteiger partial charge in [0.1, 0.15) is 46.5 Å². The molecule has 5 rings (SSSR count). The number of carbonyl (C=O) groups is 4. The summed E-state index contributed by atoms with van der Waals surface area (Å²) in [7, 11) is 5.78. The monoisotopic (exact) mass is 786 g/mol. The number of rotatable bonds is 6. The molecule has 2 fully saturated rings. The molecule has 0 radical (unpaired) electrons. The number of nitrogens with two attached hydrogens (primary N) is 1. The van der Waals surface area contributed by atoms with Crippen LogP contribution in [0.4, 0.5) is 20.6 Å². The highest BCUT2D eigenvalue weighted by Crippen LogP contribution is 2.49. The van der Waals surface area contributed by atoms with Crippen LogP contribution in [-0.4, -0.2) is 104 Å². The van der Waals surface area contributed by atoms with Gasteiger partial charge in [0.2, 0.25) is 5.91 Å². The lowest BCUT2D eigenvalue weighted by Crippen LogP contribution is -2.63. The largest absolute Gasteiger partial charge is 0.495 e. The van der Waals surface area contributed by atoms with E-state index in [9.17, 15) is 28.7 Å². The van der Waals surface area contributed by atoms with Crippen molar-refractivity contribution >= 4 is 46.9 Å². The van der Waals surface area contributed by atoms with E-state index in [1.807, 2.05) is 13.0 Å². The number of aliphatic hydroxyl groups is 1. The van der Waals surface area contributed by atoms with Gasteiger partial charge in [0.05, 0.1) is 31.0 Å². The summed E-state index contributed by atoms with van der Waals surface area (Å²) in [4.78, 5) is 56.5. The smallest absolute Gasteiger partial charge is 0.409 e. The second-order valence-corrected chi connectivity index (χ2v) is 14.9. The summed E-state index contributed by atoms with van der Waals surface area (Å²) in [5, 5.41) is 14.4. The lowest BCUT2D eigenvalue weighted by Gasteiger charge is -2.42. The normalized spacial score (nSPS) is 30.4. The minimum Gasteiger partial charge on any atom is -0.495 e. The van der Waals surface area contributed by atoms with Gasteiger partial charge in [0, 0.05) is 39.1 Å². The molecule has 3 aliphatic heterocycles. The molecule has 4 bridgehead atoms.